The average molecular weight is 275 g/mol. The molecule has 1 aromatic rings. The molecular weight excluding hydrogens is 254 g/mol. The first-order valence-electron chi connectivity index (χ1n) is 7.09. The van der Waals surface area contributed by atoms with Gasteiger partial charge >= 0.3 is 0 Å². The van der Waals surface area contributed by atoms with Gasteiger partial charge in [-0.1, -0.05) is 20.8 Å². The van der Waals surface area contributed by atoms with Gasteiger partial charge in [-0.3, -0.25) is 9.59 Å². The topological polar surface area (TPSA) is 46.6 Å². The minimum Gasteiger partial charge on any atom is -0.487 e. The number of carbonyl (C=O) groups is 2. The van der Waals surface area contributed by atoms with Crippen LogP contribution >= 0.6 is 0 Å². The number of anilines is 1. The highest BCUT2D eigenvalue weighted by Crippen LogP contribution is 2.35. The van der Waals surface area contributed by atoms with Crippen molar-refractivity contribution in [3.8, 4) is 5.75 Å². The number of hydrogen-bond donors (Lipinski definition) is 0. The highest BCUT2D eigenvalue weighted by Gasteiger charge is 2.29. The Kier molecular flexibility index (Phi) is 4.12. The van der Waals surface area contributed by atoms with Crippen LogP contribution in [0.3, 0.4) is 0 Å². The molecule has 1 aromatic carbocycles. The molecule has 1 atom stereocenters. The molecule has 1 aliphatic rings. The van der Waals surface area contributed by atoms with Crippen molar-refractivity contribution in [2.45, 2.75) is 40.2 Å². The standard InChI is InChI=1S/C16H21NO3/c1-5-14(18)12-6-7-15-13(8-12)17(9-11(4)20-15)16(19)10(2)3/h6-8,10-11H,5,9H2,1-4H3. The summed E-state index contributed by atoms with van der Waals surface area (Å²) in [5.74, 6) is 0.718. The van der Waals surface area contributed by atoms with Crippen LogP contribution in [0.2, 0.25) is 0 Å². The Morgan fingerprint density at radius 3 is 2.70 bits per heavy atom. The third kappa shape index (κ3) is 2.69. The van der Waals surface area contributed by atoms with E-state index in [-0.39, 0.29) is 23.7 Å². The summed E-state index contributed by atoms with van der Waals surface area (Å²) in [7, 11) is 0. The van der Waals surface area contributed by atoms with Gasteiger partial charge in [0, 0.05) is 17.9 Å². The number of rotatable bonds is 3. The summed E-state index contributed by atoms with van der Waals surface area (Å²) >= 11 is 0. The molecule has 0 saturated heterocycles. The van der Waals surface area contributed by atoms with Crippen LogP contribution in [-0.2, 0) is 4.79 Å². The summed E-state index contributed by atoms with van der Waals surface area (Å²) in [5, 5.41) is 0. The van der Waals surface area contributed by atoms with E-state index in [9.17, 15) is 9.59 Å². The Bertz CT molecular complexity index is 537. The minimum atomic E-state index is -0.0846. The predicted octanol–water partition coefficient (Wildman–Crippen LogP) is 3.05. The molecule has 0 aromatic heterocycles. The third-order valence-corrected chi connectivity index (χ3v) is 3.42. The summed E-state index contributed by atoms with van der Waals surface area (Å²) in [6, 6.07) is 5.32. The monoisotopic (exact) mass is 275 g/mol. The second-order valence-electron chi connectivity index (χ2n) is 5.49. The summed E-state index contributed by atoms with van der Waals surface area (Å²) < 4.78 is 5.76. The van der Waals surface area contributed by atoms with Gasteiger partial charge in [0.25, 0.3) is 0 Å². The number of ether oxygens (including phenoxy) is 1. The molecule has 1 unspecified atom stereocenters. The Hall–Kier alpha value is -1.84. The summed E-state index contributed by atoms with van der Waals surface area (Å²) in [5.41, 5.74) is 1.34. The SMILES string of the molecule is CCC(=O)c1ccc2c(c1)N(C(=O)C(C)C)CC(C)O2. The highest BCUT2D eigenvalue weighted by atomic mass is 16.5. The molecule has 0 aliphatic carbocycles. The molecule has 0 spiro atoms. The van der Waals surface area contributed by atoms with Gasteiger partial charge in [-0.25, -0.2) is 0 Å². The van der Waals surface area contributed by atoms with Crippen LogP contribution in [0.1, 0.15) is 44.5 Å². The average Bonchev–Trinajstić information content (AvgIpc) is 2.44. The largest absolute Gasteiger partial charge is 0.487 e. The van der Waals surface area contributed by atoms with Crippen LogP contribution in [0, 0.1) is 5.92 Å². The Morgan fingerprint density at radius 1 is 1.40 bits per heavy atom. The van der Waals surface area contributed by atoms with E-state index in [1.54, 1.807) is 23.1 Å². The number of benzene rings is 1. The van der Waals surface area contributed by atoms with E-state index in [0.29, 0.717) is 30.0 Å². The van der Waals surface area contributed by atoms with Gasteiger partial charge in [0.15, 0.2) is 5.78 Å². The number of amides is 1. The molecule has 1 heterocycles. The number of hydrogen-bond acceptors (Lipinski definition) is 3. The van der Waals surface area contributed by atoms with Gasteiger partial charge in [0.05, 0.1) is 12.2 Å². The zero-order valence-electron chi connectivity index (χ0n) is 12.5. The van der Waals surface area contributed by atoms with Crippen molar-refractivity contribution >= 4 is 17.4 Å². The van der Waals surface area contributed by atoms with E-state index in [1.165, 1.54) is 0 Å². The molecule has 1 aliphatic heterocycles. The van der Waals surface area contributed by atoms with E-state index in [0.717, 1.165) is 0 Å². The first-order chi connectivity index (χ1) is 9.43. The zero-order chi connectivity index (χ0) is 14.9. The summed E-state index contributed by atoms with van der Waals surface area (Å²) in [4.78, 5) is 25.9. The maximum Gasteiger partial charge on any atom is 0.229 e. The number of fused-ring (bicyclic) bond motifs is 1. The molecule has 0 N–H and O–H groups in total. The highest BCUT2D eigenvalue weighted by molar-refractivity contribution is 6.01. The molecule has 0 fully saturated rings. The zero-order valence-corrected chi connectivity index (χ0v) is 12.5. The predicted molar refractivity (Wildman–Crippen MR) is 78.3 cm³/mol. The van der Waals surface area contributed by atoms with Crippen LogP contribution in [0.5, 0.6) is 5.75 Å². The summed E-state index contributed by atoms with van der Waals surface area (Å²) in [6.45, 7) is 8.05. The quantitative estimate of drug-likeness (QED) is 0.796. The lowest BCUT2D eigenvalue weighted by atomic mass is 10.0. The van der Waals surface area contributed by atoms with Crippen molar-refractivity contribution in [2.75, 3.05) is 11.4 Å². The molecule has 1 amide bonds. The van der Waals surface area contributed by atoms with E-state index >= 15 is 0 Å². The molecule has 0 saturated carbocycles. The van der Waals surface area contributed by atoms with Crippen LogP contribution in [-0.4, -0.2) is 24.3 Å². The van der Waals surface area contributed by atoms with Gasteiger partial charge in [-0.05, 0) is 25.1 Å². The van der Waals surface area contributed by atoms with E-state index in [1.807, 2.05) is 27.7 Å². The lowest BCUT2D eigenvalue weighted by Gasteiger charge is -2.34. The first kappa shape index (κ1) is 14.6. The fraction of sp³-hybridized carbons (Fsp3) is 0.500. The number of carbonyl (C=O) groups excluding carboxylic acids is 2. The van der Waals surface area contributed by atoms with Gasteiger partial charge in [-0.2, -0.15) is 0 Å². The van der Waals surface area contributed by atoms with E-state index in [4.69, 9.17) is 4.74 Å². The lowest BCUT2D eigenvalue weighted by molar-refractivity contribution is -0.121. The van der Waals surface area contributed by atoms with Crippen LogP contribution in [0.15, 0.2) is 18.2 Å². The van der Waals surface area contributed by atoms with Crippen LogP contribution in [0.4, 0.5) is 5.69 Å². The number of Topliss-reactive ketones (excluding diaryl/α,β-unsaturated/α-hetero) is 1. The lowest BCUT2D eigenvalue weighted by Crippen LogP contribution is -2.44. The molecule has 2 rings (SSSR count). The Morgan fingerprint density at radius 2 is 2.10 bits per heavy atom. The molecular formula is C16H21NO3. The number of nitrogens with zero attached hydrogens (tertiary/aromatic N) is 1. The van der Waals surface area contributed by atoms with Crippen molar-refractivity contribution in [2.24, 2.45) is 5.92 Å². The maximum atomic E-state index is 12.3. The molecule has 4 heteroatoms. The normalized spacial score (nSPS) is 17.6. The molecule has 0 radical (unpaired) electrons. The molecule has 108 valence electrons. The van der Waals surface area contributed by atoms with Gasteiger partial charge in [0.1, 0.15) is 11.9 Å². The smallest absolute Gasteiger partial charge is 0.229 e. The van der Waals surface area contributed by atoms with E-state index in [2.05, 4.69) is 0 Å². The van der Waals surface area contributed by atoms with Gasteiger partial charge in [0.2, 0.25) is 5.91 Å². The fourth-order valence-corrected chi connectivity index (χ4v) is 2.34. The van der Waals surface area contributed by atoms with Crippen molar-refractivity contribution in [3.63, 3.8) is 0 Å². The summed E-state index contributed by atoms with van der Waals surface area (Å²) in [6.07, 6.45) is 0.409. The first-order valence-corrected chi connectivity index (χ1v) is 7.09. The molecule has 4 nitrogen and oxygen atoms in total. The Labute approximate surface area is 119 Å². The molecule has 0 bridgehead atoms. The van der Waals surface area contributed by atoms with Crippen molar-refractivity contribution in [1.82, 2.24) is 0 Å². The van der Waals surface area contributed by atoms with Crippen molar-refractivity contribution in [1.29, 1.82) is 0 Å². The number of ketones is 1. The Balaban J connectivity index is 2.45. The van der Waals surface area contributed by atoms with Crippen LogP contribution in [0.25, 0.3) is 0 Å². The molecule has 20 heavy (non-hydrogen) atoms. The second kappa shape index (κ2) is 5.65. The van der Waals surface area contributed by atoms with Gasteiger partial charge in [-0.15, -0.1) is 0 Å². The fourth-order valence-electron chi connectivity index (χ4n) is 2.34. The maximum absolute atomic E-state index is 12.3. The van der Waals surface area contributed by atoms with Crippen molar-refractivity contribution < 1.29 is 14.3 Å². The minimum absolute atomic E-state index is 0.0436. The van der Waals surface area contributed by atoms with Crippen molar-refractivity contribution in [3.05, 3.63) is 23.8 Å². The second-order valence-corrected chi connectivity index (χ2v) is 5.49. The van der Waals surface area contributed by atoms with Gasteiger partial charge < -0.3 is 9.64 Å². The van der Waals surface area contributed by atoms with Crippen LogP contribution < -0.4 is 9.64 Å². The van der Waals surface area contributed by atoms with E-state index < -0.39 is 0 Å². The third-order valence-electron chi connectivity index (χ3n) is 3.42.